The van der Waals surface area contributed by atoms with E-state index in [2.05, 4.69) is 433 Å². The second kappa shape index (κ2) is 32.6. The molecule has 15 aliphatic rings. The van der Waals surface area contributed by atoms with E-state index in [4.69, 9.17) is 8.83 Å². The minimum absolute atomic E-state index is 0.0393. The molecule has 0 saturated heterocycles. The van der Waals surface area contributed by atoms with Gasteiger partial charge in [-0.2, -0.15) is 0 Å². The lowest BCUT2D eigenvalue weighted by atomic mass is 9.43. The van der Waals surface area contributed by atoms with Crippen LogP contribution in [0, 0.1) is 71.0 Å². The van der Waals surface area contributed by atoms with Crippen LogP contribution in [0.4, 0.5) is 51.2 Å². The van der Waals surface area contributed by atoms with E-state index in [1.165, 1.54) is 245 Å². The van der Waals surface area contributed by atoms with Crippen molar-refractivity contribution in [2.24, 2.45) is 71.0 Å². The van der Waals surface area contributed by atoms with E-state index in [1.807, 2.05) is 11.3 Å². The number of fused-ring (bicyclic) bond motifs is 18. The predicted molar refractivity (Wildman–Crippen MR) is 597 cm³/mol. The number of benzene rings is 18. The van der Waals surface area contributed by atoms with Gasteiger partial charge in [-0.25, -0.2) is 0 Å². The molecule has 12 fully saturated rings. The molecular formula is C138H111N3O2S. The average molecular weight is 1880 g/mol. The lowest BCUT2D eigenvalue weighted by Crippen LogP contribution is -2.55. The Morgan fingerprint density at radius 2 is 0.472 bits per heavy atom. The van der Waals surface area contributed by atoms with Gasteiger partial charge in [-0.1, -0.05) is 309 Å². The van der Waals surface area contributed by atoms with Gasteiger partial charge >= 0.3 is 0 Å². The van der Waals surface area contributed by atoms with Gasteiger partial charge in [0.1, 0.15) is 22.3 Å². The number of nitrogens with zero attached hydrogens (tertiary/aromatic N) is 3. The molecule has 5 nitrogen and oxygen atoms in total. The summed E-state index contributed by atoms with van der Waals surface area (Å²) >= 11 is 1.91. The van der Waals surface area contributed by atoms with E-state index in [0.29, 0.717) is 35.5 Å². The molecule has 3 spiro atoms. The zero-order valence-corrected chi connectivity index (χ0v) is 81.8. The van der Waals surface area contributed by atoms with E-state index in [-0.39, 0.29) is 16.2 Å². The van der Waals surface area contributed by atoms with Gasteiger partial charge in [0.15, 0.2) is 0 Å². The SMILES string of the molecule is c1ccc(-c2ccc(N(c3cccc4c3C3(c5ccccc5-4)C4CC5CC(C4)CC3C5)c3cccc4oc5ccccc5c34)cc2)cc1.c1ccc(-c2ccc(N(c3cccc4c3C3(c5ccccc5-4)C4CC5CC(C4)CC3C5)c3cccc4sc5ccccc5c34)cc2)cc1.c1ccc(-c2cccc(N(c3cccc4c3C3(c5ccccc5-4)C4CC5CC(C4)CC3C5)c3cccc4oc5ccccc5c34)c2)cc1. The number of anilines is 9. The smallest absolute Gasteiger partial charge is 0.137 e. The minimum atomic E-state index is 0.0393. The summed E-state index contributed by atoms with van der Waals surface area (Å²) in [6.07, 6.45) is 20.8. The Morgan fingerprint density at radius 1 is 0.194 bits per heavy atom. The van der Waals surface area contributed by atoms with E-state index in [0.717, 1.165) is 68.6 Å². The van der Waals surface area contributed by atoms with E-state index in [1.54, 1.807) is 33.4 Å². The quantitative estimate of drug-likeness (QED) is 0.122. The van der Waals surface area contributed by atoms with Crippen molar-refractivity contribution in [3.63, 3.8) is 0 Å². The monoisotopic (exact) mass is 1870 g/mol. The molecule has 15 aliphatic carbocycles. The number of thiophene rings is 1. The van der Waals surface area contributed by atoms with Crippen molar-refractivity contribution in [2.45, 2.75) is 113 Å². The molecule has 0 amide bonds. The van der Waals surface area contributed by atoms with Crippen LogP contribution in [0.25, 0.3) is 131 Å². The van der Waals surface area contributed by atoms with Crippen molar-refractivity contribution in [2.75, 3.05) is 14.7 Å². The Balaban J connectivity index is 0.0000000986. The van der Waals surface area contributed by atoms with Crippen LogP contribution in [0.15, 0.2) is 427 Å². The van der Waals surface area contributed by atoms with Gasteiger partial charge in [0.05, 0.1) is 44.9 Å². The van der Waals surface area contributed by atoms with Crippen molar-refractivity contribution in [1.29, 1.82) is 0 Å². The Labute approximate surface area is 846 Å². The summed E-state index contributed by atoms with van der Waals surface area (Å²) < 4.78 is 15.7. The number of hydrogen-bond donors (Lipinski definition) is 0. The van der Waals surface area contributed by atoms with Gasteiger partial charge in [0.2, 0.25) is 0 Å². The molecular weight excluding hydrogens is 1760 g/mol. The van der Waals surface area contributed by atoms with E-state index in [9.17, 15) is 0 Å². The number of para-hydroxylation sites is 2. The fourth-order valence-electron chi connectivity index (χ4n) is 33.5. The highest BCUT2D eigenvalue weighted by Gasteiger charge is 2.66. The fourth-order valence-corrected chi connectivity index (χ4v) is 34.6. The largest absolute Gasteiger partial charge is 0.456 e. The molecule has 18 aromatic carbocycles. The molecule has 12 bridgehead atoms. The molecule has 0 atom stereocenters. The van der Waals surface area contributed by atoms with E-state index >= 15 is 0 Å². The highest BCUT2D eigenvalue weighted by molar-refractivity contribution is 7.26. The molecule has 12 saturated carbocycles. The zero-order valence-electron chi connectivity index (χ0n) is 80.9. The van der Waals surface area contributed by atoms with Crippen LogP contribution >= 0.6 is 11.3 Å². The first-order chi connectivity index (χ1) is 71.3. The molecule has 0 aliphatic heterocycles. The Kier molecular flexibility index (Phi) is 19.0. The summed E-state index contributed by atoms with van der Waals surface area (Å²) in [5.41, 5.74) is 40.8. The third-order valence-corrected chi connectivity index (χ3v) is 39.0. The zero-order chi connectivity index (χ0) is 94.2. The van der Waals surface area contributed by atoms with Gasteiger partial charge in [-0.3, -0.25) is 0 Å². The highest BCUT2D eigenvalue weighted by atomic mass is 32.1. The maximum atomic E-state index is 6.51. The normalized spacial score (nSPS) is 24.8. The van der Waals surface area contributed by atoms with Crippen LogP contribution in [-0.2, 0) is 16.2 Å². The van der Waals surface area contributed by atoms with Crippen LogP contribution in [0.2, 0.25) is 0 Å². The topological polar surface area (TPSA) is 36.0 Å². The lowest BCUT2D eigenvalue weighted by Gasteiger charge is -2.61. The van der Waals surface area contributed by atoms with Crippen molar-refractivity contribution < 1.29 is 8.83 Å². The summed E-state index contributed by atoms with van der Waals surface area (Å²) in [6, 6.07) is 156. The van der Waals surface area contributed by atoms with Gasteiger partial charge in [0.25, 0.3) is 0 Å². The lowest BCUT2D eigenvalue weighted by molar-refractivity contribution is -0.0397. The predicted octanol–water partition coefficient (Wildman–Crippen LogP) is 37.8. The van der Waals surface area contributed by atoms with Crippen molar-refractivity contribution in [1.82, 2.24) is 0 Å². The number of furan rings is 2. The molecule has 21 aromatic rings. The summed E-state index contributed by atoms with van der Waals surface area (Å²) in [6.45, 7) is 0. The highest BCUT2D eigenvalue weighted by Crippen LogP contribution is 2.76. The van der Waals surface area contributed by atoms with Gasteiger partial charge < -0.3 is 23.5 Å². The Morgan fingerprint density at radius 3 is 0.875 bits per heavy atom. The summed E-state index contributed by atoms with van der Waals surface area (Å²) in [7, 11) is 0. The standard InChI is InChI=1S/2C46H37NO.C46H37NS/c1-2-11-31(12-3-1)32-13-8-14-35(28-32)47(40-19-10-22-43-44(40)38-16-5-7-21-42(38)48-43)41-20-9-17-37-36-15-4-6-18-39(36)46(45(37)41)33-24-29-23-30(26-33)27-34(46)25-29;2*1-2-10-31(11-3-1)32-20-22-35(23-21-32)47(40-16-9-19-43-44(40)38-13-5-7-18-42(38)48-43)41-17-8-14-37-36-12-4-6-15-39(36)46(45(37)41)33-25-29-24-30(27-33)28-34(46)26-29/h1-22,28-30,33-34H,23-27H2;2*1-23,29-30,33-34H,24-28H2. The van der Waals surface area contributed by atoms with E-state index < -0.39 is 0 Å². The van der Waals surface area contributed by atoms with Crippen LogP contribution < -0.4 is 14.7 Å². The Bertz CT molecular complexity index is 8300. The van der Waals surface area contributed by atoms with Gasteiger partial charge in [-0.15, -0.1) is 11.3 Å². The van der Waals surface area contributed by atoms with Crippen molar-refractivity contribution >= 4 is 127 Å². The maximum Gasteiger partial charge on any atom is 0.137 e. The van der Waals surface area contributed by atoms with Gasteiger partial charge in [-0.05, 0) is 377 Å². The fraction of sp³-hybridized carbons (Fsp3) is 0.217. The first-order valence-electron chi connectivity index (χ1n) is 53.6. The summed E-state index contributed by atoms with van der Waals surface area (Å²) in [4.78, 5) is 7.82. The molecule has 0 radical (unpaired) electrons. The molecule has 0 unspecified atom stereocenters. The summed E-state index contributed by atoms with van der Waals surface area (Å²) in [5, 5.41) is 7.37. The molecule has 144 heavy (non-hydrogen) atoms. The molecule has 3 aromatic heterocycles. The summed E-state index contributed by atoms with van der Waals surface area (Å²) in [5.74, 6) is 9.55. The molecule has 0 N–H and O–H groups in total. The number of hydrogen-bond acceptors (Lipinski definition) is 6. The van der Waals surface area contributed by atoms with Crippen molar-refractivity contribution in [3.8, 4) is 66.8 Å². The van der Waals surface area contributed by atoms with Crippen molar-refractivity contribution in [3.05, 3.63) is 452 Å². The molecule has 36 rings (SSSR count). The van der Waals surface area contributed by atoms with Crippen LogP contribution in [0.5, 0.6) is 0 Å². The number of rotatable bonds is 12. The molecule has 3 heterocycles. The molecule has 696 valence electrons. The Hall–Kier alpha value is -14.8. The van der Waals surface area contributed by atoms with Gasteiger partial charge in [0, 0.05) is 64.3 Å². The van der Waals surface area contributed by atoms with Crippen LogP contribution in [0.3, 0.4) is 0 Å². The molecule has 6 heteroatoms. The third kappa shape index (κ3) is 12.3. The average Bonchev–Trinajstić information content (AvgIpc) is 1.50. The first-order valence-corrected chi connectivity index (χ1v) is 54.4. The third-order valence-electron chi connectivity index (χ3n) is 37.9. The van der Waals surface area contributed by atoms with Crippen LogP contribution in [0.1, 0.15) is 130 Å². The first kappa shape index (κ1) is 83.8. The second-order valence-corrected chi connectivity index (χ2v) is 45.8. The minimum Gasteiger partial charge on any atom is -0.456 e. The maximum absolute atomic E-state index is 6.51. The van der Waals surface area contributed by atoms with Crippen LogP contribution in [-0.4, -0.2) is 0 Å². The second-order valence-electron chi connectivity index (χ2n) is 44.7.